The number of benzene rings is 2. The first-order valence-corrected chi connectivity index (χ1v) is 7.83. The number of fused-ring (bicyclic) bond motifs is 1. The van der Waals surface area contributed by atoms with Gasteiger partial charge in [0.25, 0.3) is 5.91 Å². The van der Waals surface area contributed by atoms with E-state index < -0.39 is 5.91 Å². The Bertz CT molecular complexity index is 815. The molecule has 0 saturated carbocycles. The van der Waals surface area contributed by atoms with Crippen molar-refractivity contribution in [1.82, 2.24) is 10.9 Å². The van der Waals surface area contributed by atoms with Gasteiger partial charge in [0.05, 0.1) is 16.2 Å². The Kier molecular flexibility index (Phi) is 4.34. The molecule has 0 bridgehead atoms. The highest BCUT2D eigenvalue weighted by Crippen LogP contribution is 2.38. The number of amides is 1. The topological polar surface area (TPSA) is 73.7 Å². The van der Waals surface area contributed by atoms with E-state index in [0.717, 1.165) is 21.2 Å². The van der Waals surface area contributed by atoms with E-state index in [1.165, 1.54) is 6.07 Å². The number of aromatic hydroxyl groups is 1. The second-order valence-electron chi connectivity index (χ2n) is 4.91. The van der Waals surface area contributed by atoms with Crippen LogP contribution in [0.5, 0.6) is 5.75 Å². The van der Waals surface area contributed by atoms with E-state index in [4.69, 9.17) is 0 Å². The lowest BCUT2D eigenvalue weighted by Gasteiger charge is -2.16. The van der Waals surface area contributed by atoms with Gasteiger partial charge in [0, 0.05) is 16.8 Å². The molecule has 1 heterocycles. The maximum Gasteiger partial charge on any atom is 0.273 e. The van der Waals surface area contributed by atoms with Gasteiger partial charge < -0.3 is 10.5 Å². The fourth-order valence-corrected chi connectivity index (χ4v) is 2.96. The molecule has 2 aromatic rings. The molecule has 23 heavy (non-hydrogen) atoms. The second kappa shape index (κ2) is 6.58. The van der Waals surface area contributed by atoms with Crippen LogP contribution in [-0.4, -0.2) is 17.2 Å². The summed E-state index contributed by atoms with van der Waals surface area (Å²) in [6, 6.07) is 14.3. The molecule has 0 atom stereocenters. The van der Waals surface area contributed by atoms with Crippen LogP contribution in [0.3, 0.4) is 0 Å². The third-order valence-electron chi connectivity index (χ3n) is 3.29. The van der Waals surface area contributed by atoms with E-state index in [9.17, 15) is 9.90 Å². The average molecular weight is 325 g/mol. The number of allylic oxidation sites excluding steroid dienone is 2. The quantitative estimate of drug-likeness (QED) is 0.757. The normalized spacial score (nSPS) is 14.8. The van der Waals surface area contributed by atoms with Gasteiger partial charge in [-0.25, -0.2) is 0 Å². The predicted octanol–water partition coefficient (Wildman–Crippen LogP) is 3.37. The van der Waals surface area contributed by atoms with Crippen molar-refractivity contribution in [2.75, 3.05) is 0 Å². The number of hydrazine groups is 1. The molecule has 0 aliphatic carbocycles. The van der Waals surface area contributed by atoms with Crippen LogP contribution in [0.1, 0.15) is 17.3 Å². The van der Waals surface area contributed by atoms with Gasteiger partial charge >= 0.3 is 0 Å². The summed E-state index contributed by atoms with van der Waals surface area (Å²) < 4.78 is 0. The molecule has 6 heteroatoms. The Hall–Kier alpha value is -2.73. The predicted molar refractivity (Wildman–Crippen MR) is 91.9 cm³/mol. The summed E-state index contributed by atoms with van der Waals surface area (Å²) in [5.41, 5.74) is 7.37. The van der Waals surface area contributed by atoms with Gasteiger partial charge in [-0.05, 0) is 31.2 Å². The van der Waals surface area contributed by atoms with Gasteiger partial charge in [0.2, 0.25) is 0 Å². The van der Waals surface area contributed by atoms with Crippen LogP contribution in [0.4, 0.5) is 5.69 Å². The zero-order valence-electron chi connectivity index (χ0n) is 12.4. The van der Waals surface area contributed by atoms with Crippen molar-refractivity contribution in [2.24, 2.45) is 4.99 Å². The molecule has 5 nitrogen and oxygen atoms in total. The molecule has 1 amide bonds. The minimum Gasteiger partial charge on any atom is -0.507 e. The number of rotatable bonds is 3. The number of hydrogen-bond acceptors (Lipinski definition) is 5. The first-order chi connectivity index (χ1) is 11.1. The zero-order valence-corrected chi connectivity index (χ0v) is 13.2. The summed E-state index contributed by atoms with van der Waals surface area (Å²) in [7, 11) is 0. The van der Waals surface area contributed by atoms with Gasteiger partial charge in [-0.2, -0.15) is 0 Å². The van der Waals surface area contributed by atoms with Crippen molar-refractivity contribution in [1.29, 1.82) is 0 Å². The molecule has 1 aliphatic heterocycles. The third kappa shape index (κ3) is 3.37. The van der Waals surface area contributed by atoms with Crippen LogP contribution in [0.25, 0.3) is 0 Å². The molecule has 0 unspecified atom stereocenters. The van der Waals surface area contributed by atoms with Gasteiger partial charge in [-0.15, -0.1) is 0 Å². The smallest absolute Gasteiger partial charge is 0.273 e. The van der Waals surface area contributed by atoms with Crippen molar-refractivity contribution >= 4 is 29.6 Å². The second-order valence-corrected chi connectivity index (χ2v) is 6.00. The summed E-state index contributed by atoms with van der Waals surface area (Å²) in [6.45, 7) is 1.85. The van der Waals surface area contributed by atoms with Crippen LogP contribution in [-0.2, 0) is 0 Å². The van der Waals surface area contributed by atoms with E-state index in [-0.39, 0.29) is 11.3 Å². The lowest BCUT2D eigenvalue weighted by atomic mass is 10.2. The summed E-state index contributed by atoms with van der Waals surface area (Å²) in [6.07, 6.45) is 1.77. The summed E-state index contributed by atoms with van der Waals surface area (Å²) >= 11 is 1.58. The van der Waals surface area contributed by atoms with Crippen LogP contribution in [0, 0.1) is 0 Å². The first kappa shape index (κ1) is 15.2. The van der Waals surface area contributed by atoms with E-state index in [0.29, 0.717) is 0 Å². The number of nitrogens with zero attached hydrogens (tertiary/aromatic N) is 1. The van der Waals surface area contributed by atoms with Crippen molar-refractivity contribution < 1.29 is 9.90 Å². The van der Waals surface area contributed by atoms with Crippen molar-refractivity contribution in [3.05, 3.63) is 64.7 Å². The Morgan fingerprint density at radius 2 is 1.83 bits per heavy atom. The number of para-hydroxylation sites is 2. The Balaban J connectivity index is 1.70. The van der Waals surface area contributed by atoms with E-state index in [1.54, 1.807) is 36.2 Å². The van der Waals surface area contributed by atoms with Gasteiger partial charge in [0.1, 0.15) is 5.75 Å². The fourth-order valence-electron chi connectivity index (χ4n) is 2.04. The van der Waals surface area contributed by atoms with Gasteiger partial charge in [-0.3, -0.25) is 15.2 Å². The number of phenols is 1. The minimum atomic E-state index is -0.402. The number of carbonyl (C=O) groups excluding carboxylic acids is 1. The highest BCUT2D eigenvalue weighted by Gasteiger charge is 2.13. The molecule has 0 saturated heterocycles. The zero-order chi connectivity index (χ0) is 16.2. The maximum absolute atomic E-state index is 12.1. The van der Waals surface area contributed by atoms with Crippen LogP contribution >= 0.6 is 11.8 Å². The number of carbonyl (C=O) groups is 1. The number of phenolic OH excluding ortho intramolecular Hbond substituents is 1. The molecule has 2 aromatic carbocycles. The lowest BCUT2D eigenvalue weighted by molar-refractivity contribution is 0.0936. The molecular formula is C17H15N3O2S. The Labute approximate surface area is 138 Å². The molecule has 0 fully saturated rings. The van der Waals surface area contributed by atoms with Crippen molar-refractivity contribution in [3.8, 4) is 5.75 Å². The largest absolute Gasteiger partial charge is 0.507 e. The molecule has 116 valence electrons. The number of hydrogen-bond donors (Lipinski definition) is 3. The lowest BCUT2D eigenvalue weighted by Crippen LogP contribution is -2.36. The molecule has 0 aromatic heterocycles. The first-order valence-electron chi connectivity index (χ1n) is 7.01. The standard InChI is InChI=1S/C17H15N3O2S/c1-11(16-10-18-13-7-3-5-9-15(13)23-16)19-20-17(22)12-6-2-4-8-14(12)21/h2-10,19,21H,1H3,(H,20,22)/b16-11+. The van der Waals surface area contributed by atoms with Gasteiger partial charge in [-0.1, -0.05) is 36.0 Å². The highest BCUT2D eigenvalue weighted by molar-refractivity contribution is 8.04. The molecule has 3 rings (SSSR count). The fraction of sp³-hybridized carbons (Fsp3) is 0.0588. The average Bonchev–Trinajstić information content (AvgIpc) is 2.59. The maximum atomic E-state index is 12.1. The van der Waals surface area contributed by atoms with E-state index in [1.807, 2.05) is 31.2 Å². The van der Waals surface area contributed by atoms with Crippen LogP contribution < -0.4 is 10.9 Å². The van der Waals surface area contributed by atoms with Crippen molar-refractivity contribution in [3.63, 3.8) is 0 Å². The minimum absolute atomic E-state index is 0.0559. The molecule has 0 spiro atoms. The third-order valence-corrected chi connectivity index (χ3v) is 4.48. The van der Waals surface area contributed by atoms with Crippen LogP contribution in [0.2, 0.25) is 0 Å². The summed E-state index contributed by atoms with van der Waals surface area (Å²) in [5.74, 6) is -0.458. The SMILES string of the molecule is C/C(NNC(=O)c1ccccc1O)=C1/C=Nc2ccccc2S1. The Morgan fingerprint density at radius 1 is 1.09 bits per heavy atom. The van der Waals surface area contributed by atoms with Gasteiger partial charge in [0.15, 0.2) is 0 Å². The molecule has 3 N–H and O–H groups in total. The number of aliphatic imine (C=N–C) groups is 1. The van der Waals surface area contributed by atoms with E-state index >= 15 is 0 Å². The van der Waals surface area contributed by atoms with Crippen molar-refractivity contribution in [2.45, 2.75) is 11.8 Å². The number of thioether (sulfide) groups is 1. The highest BCUT2D eigenvalue weighted by atomic mass is 32.2. The molecular weight excluding hydrogens is 310 g/mol. The number of nitrogens with one attached hydrogen (secondary N) is 2. The van der Waals surface area contributed by atoms with Crippen LogP contribution in [0.15, 0.2) is 69.0 Å². The molecule has 1 aliphatic rings. The van der Waals surface area contributed by atoms with E-state index in [2.05, 4.69) is 15.8 Å². The Morgan fingerprint density at radius 3 is 2.65 bits per heavy atom. The summed E-state index contributed by atoms with van der Waals surface area (Å²) in [4.78, 5) is 18.4. The molecule has 0 radical (unpaired) electrons. The summed E-state index contributed by atoms with van der Waals surface area (Å²) in [5, 5.41) is 9.68. The monoisotopic (exact) mass is 325 g/mol.